The molecule has 4 rings (SSSR count). The summed E-state index contributed by atoms with van der Waals surface area (Å²) in [6.07, 6.45) is 0. The number of ether oxygens (including phenoxy) is 5. The van der Waals surface area contributed by atoms with Gasteiger partial charge in [0.05, 0.1) is 32.5 Å². The predicted octanol–water partition coefficient (Wildman–Crippen LogP) is 4.70. The number of benzene rings is 3. The maximum atomic E-state index is 12.6. The summed E-state index contributed by atoms with van der Waals surface area (Å²) in [7, 11) is 4.61. The number of esters is 1. The summed E-state index contributed by atoms with van der Waals surface area (Å²) in [5.41, 5.74) is 1.93. The molecule has 35 heavy (non-hydrogen) atoms. The van der Waals surface area contributed by atoms with Gasteiger partial charge in [-0.25, -0.2) is 4.79 Å². The van der Waals surface area contributed by atoms with E-state index in [0.717, 1.165) is 5.56 Å². The molecular weight excluding hydrogens is 452 g/mol. The molecule has 0 saturated heterocycles. The van der Waals surface area contributed by atoms with Crippen LogP contribution in [0.4, 0.5) is 0 Å². The molecule has 0 bridgehead atoms. The second-order valence-electron chi connectivity index (χ2n) is 7.29. The number of aromatic nitrogens is 2. The summed E-state index contributed by atoms with van der Waals surface area (Å²) >= 11 is 0. The van der Waals surface area contributed by atoms with E-state index < -0.39 is 5.97 Å². The first-order valence-electron chi connectivity index (χ1n) is 10.7. The molecule has 180 valence electrons. The molecule has 0 aliphatic carbocycles. The third-order valence-electron chi connectivity index (χ3n) is 5.08. The fourth-order valence-electron chi connectivity index (χ4n) is 3.27. The van der Waals surface area contributed by atoms with Crippen LogP contribution in [0.5, 0.6) is 23.0 Å². The van der Waals surface area contributed by atoms with Crippen LogP contribution in [-0.4, -0.2) is 37.4 Å². The van der Waals surface area contributed by atoms with Crippen molar-refractivity contribution in [1.29, 1.82) is 0 Å². The summed E-state index contributed by atoms with van der Waals surface area (Å²) < 4.78 is 32.4. The minimum absolute atomic E-state index is 0.140. The largest absolute Gasteiger partial charge is 0.497 e. The van der Waals surface area contributed by atoms with Gasteiger partial charge in [0.1, 0.15) is 18.1 Å². The minimum Gasteiger partial charge on any atom is -0.497 e. The highest BCUT2D eigenvalue weighted by atomic mass is 16.6. The average Bonchev–Trinajstić information content (AvgIpc) is 3.39. The molecule has 0 radical (unpaired) electrons. The van der Waals surface area contributed by atoms with Crippen molar-refractivity contribution in [2.24, 2.45) is 0 Å². The Morgan fingerprint density at radius 2 is 1.63 bits per heavy atom. The van der Waals surface area contributed by atoms with Gasteiger partial charge in [-0.3, -0.25) is 0 Å². The zero-order valence-electron chi connectivity index (χ0n) is 19.5. The van der Waals surface area contributed by atoms with Crippen LogP contribution in [-0.2, 0) is 18.0 Å². The lowest BCUT2D eigenvalue weighted by Gasteiger charge is -2.12. The summed E-state index contributed by atoms with van der Waals surface area (Å²) in [6.45, 7) is 0.179. The van der Waals surface area contributed by atoms with Crippen LogP contribution in [0, 0.1) is 0 Å². The summed E-state index contributed by atoms with van der Waals surface area (Å²) in [4.78, 5) is 16.9. The van der Waals surface area contributed by atoms with Crippen LogP contribution in [0.3, 0.4) is 0 Å². The highest BCUT2D eigenvalue weighted by Crippen LogP contribution is 2.32. The van der Waals surface area contributed by atoms with Gasteiger partial charge < -0.3 is 28.2 Å². The molecule has 9 nitrogen and oxygen atoms in total. The predicted molar refractivity (Wildman–Crippen MR) is 126 cm³/mol. The Hall–Kier alpha value is -4.53. The van der Waals surface area contributed by atoms with Gasteiger partial charge in [0.2, 0.25) is 5.82 Å². The van der Waals surface area contributed by atoms with E-state index in [2.05, 4.69) is 10.1 Å². The van der Waals surface area contributed by atoms with Gasteiger partial charge in [-0.1, -0.05) is 35.5 Å². The fourth-order valence-corrected chi connectivity index (χ4v) is 3.27. The van der Waals surface area contributed by atoms with E-state index >= 15 is 0 Å². The third-order valence-corrected chi connectivity index (χ3v) is 5.08. The number of carbonyl (C=O) groups is 1. The maximum absolute atomic E-state index is 12.6. The maximum Gasteiger partial charge on any atom is 0.338 e. The summed E-state index contributed by atoms with van der Waals surface area (Å²) in [5, 5.41) is 3.95. The van der Waals surface area contributed by atoms with Gasteiger partial charge in [0.15, 0.2) is 18.1 Å². The van der Waals surface area contributed by atoms with Crippen molar-refractivity contribution >= 4 is 5.97 Å². The molecule has 0 unspecified atom stereocenters. The molecule has 9 heteroatoms. The number of carbonyl (C=O) groups excluding carboxylic acids is 1. The smallest absolute Gasteiger partial charge is 0.338 e. The lowest BCUT2D eigenvalue weighted by atomic mass is 10.2. The number of hydrogen-bond acceptors (Lipinski definition) is 9. The molecule has 0 saturated carbocycles. The second-order valence-corrected chi connectivity index (χ2v) is 7.29. The van der Waals surface area contributed by atoms with Gasteiger partial charge >= 0.3 is 5.97 Å². The van der Waals surface area contributed by atoms with Crippen LogP contribution >= 0.6 is 0 Å². The summed E-state index contributed by atoms with van der Waals surface area (Å²) in [5.74, 6) is 1.97. The first-order valence-corrected chi connectivity index (χ1v) is 10.7. The monoisotopic (exact) mass is 476 g/mol. The molecule has 1 heterocycles. The normalized spacial score (nSPS) is 10.5. The van der Waals surface area contributed by atoms with Crippen molar-refractivity contribution in [2.75, 3.05) is 21.3 Å². The van der Waals surface area contributed by atoms with E-state index in [9.17, 15) is 4.79 Å². The molecule has 0 aliphatic heterocycles. The zero-order valence-corrected chi connectivity index (χ0v) is 19.5. The van der Waals surface area contributed by atoms with Gasteiger partial charge in [0.25, 0.3) is 5.89 Å². The van der Waals surface area contributed by atoms with E-state index in [0.29, 0.717) is 46.6 Å². The number of rotatable bonds is 10. The Kier molecular flexibility index (Phi) is 7.47. The minimum atomic E-state index is -0.570. The van der Waals surface area contributed by atoms with Gasteiger partial charge in [-0.15, -0.1) is 0 Å². The van der Waals surface area contributed by atoms with Crippen molar-refractivity contribution in [2.45, 2.75) is 13.2 Å². The lowest BCUT2D eigenvalue weighted by Crippen LogP contribution is -2.06. The lowest BCUT2D eigenvalue weighted by molar-refractivity contribution is 0.0429. The van der Waals surface area contributed by atoms with E-state index in [4.69, 9.17) is 28.2 Å². The molecule has 1 aromatic heterocycles. The van der Waals surface area contributed by atoms with E-state index in [1.807, 2.05) is 30.3 Å². The molecule has 0 spiro atoms. The van der Waals surface area contributed by atoms with Crippen molar-refractivity contribution in [3.8, 4) is 34.4 Å². The average molecular weight is 476 g/mol. The van der Waals surface area contributed by atoms with E-state index in [-0.39, 0.29) is 12.5 Å². The van der Waals surface area contributed by atoms with Crippen molar-refractivity contribution < 1.29 is 33.0 Å². The molecule has 0 fully saturated rings. The first-order chi connectivity index (χ1) is 17.1. The SMILES string of the molecule is COc1ccc(-c2noc(COC(=O)c3ccc(OCc4ccccc4)c(OC)c3)n2)c(OC)c1. The number of methoxy groups -OCH3 is 3. The first kappa shape index (κ1) is 23.6. The van der Waals surface area contributed by atoms with Crippen LogP contribution in [0.25, 0.3) is 11.4 Å². The topological polar surface area (TPSA) is 102 Å². The van der Waals surface area contributed by atoms with Gasteiger partial charge in [0, 0.05) is 6.07 Å². The fraction of sp³-hybridized carbons (Fsp3) is 0.192. The summed E-state index contributed by atoms with van der Waals surface area (Å²) in [6, 6.07) is 19.8. The van der Waals surface area contributed by atoms with Crippen molar-refractivity contribution in [3.05, 3.63) is 83.7 Å². The van der Waals surface area contributed by atoms with Crippen LogP contribution < -0.4 is 18.9 Å². The molecule has 0 atom stereocenters. The Balaban J connectivity index is 1.39. The highest BCUT2D eigenvalue weighted by molar-refractivity contribution is 5.90. The molecule has 3 aromatic carbocycles. The second kappa shape index (κ2) is 11.1. The standard InChI is InChI=1S/C26H24N2O7/c1-30-19-10-11-20(22(14-19)31-2)25-27-24(35-28-25)16-34-26(29)18-9-12-21(23(13-18)32-3)33-15-17-7-5-4-6-8-17/h4-14H,15-16H2,1-3H3. The Bertz CT molecular complexity index is 1290. The molecule has 0 aliphatic rings. The van der Waals surface area contributed by atoms with Crippen LogP contribution in [0.2, 0.25) is 0 Å². The Morgan fingerprint density at radius 3 is 2.37 bits per heavy atom. The highest BCUT2D eigenvalue weighted by Gasteiger charge is 2.17. The number of nitrogens with zero attached hydrogens (tertiary/aromatic N) is 2. The van der Waals surface area contributed by atoms with Crippen LogP contribution in [0.1, 0.15) is 21.8 Å². The van der Waals surface area contributed by atoms with Crippen molar-refractivity contribution in [1.82, 2.24) is 10.1 Å². The molecule has 0 N–H and O–H groups in total. The quantitative estimate of drug-likeness (QED) is 0.301. The van der Waals surface area contributed by atoms with E-state index in [1.54, 1.807) is 43.5 Å². The van der Waals surface area contributed by atoms with Gasteiger partial charge in [-0.05, 0) is 35.9 Å². The Labute approximate surface area is 202 Å². The van der Waals surface area contributed by atoms with Crippen LogP contribution in [0.15, 0.2) is 71.3 Å². The molecule has 0 amide bonds. The third kappa shape index (κ3) is 5.70. The number of hydrogen-bond donors (Lipinski definition) is 0. The zero-order chi connectivity index (χ0) is 24.6. The molecular formula is C26H24N2O7. The Morgan fingerprint density at radius 1 is 0.829 bits per heavy atom. The van der Waals surface area contributed by atoms with Crippen molar-refractivity contribution in [3.63, 3.8) is 0 Å². The molecule has 4 aromatic rings. The van der Waals surface area contributed by atoms with E-state index in [1.165, 1.54) is 14.2 Å². The van der Waals surface area contributed by atoms with Gasteiger partial charge in [-0.2, -0.15) is 4.98 Å².